The second kappa shape index (κ2) is 8.90. The van der Waals surface area contributed by atoms with Crippen LogP contribution in [-0.2, 0) is 6.54 Å². The van der Waals surface area contributed by atoms with Crippen LogP contribution >= 0.6 is 0 Å². The Morgan fingerprint density at radius 2 is 1.83 bits per heavy atom. The summed E-state index contributed by atoms with van der Waals surface area (Å²) >= 11 is 0. The fourth-order valence-electron chi connectivity index (χ4n) is 4.75. The van der Waals surface area contributed by atoms with E-state index < -0.39 is 6.10 Å². The Morgan fingerprint density at radius 1 is 1.03 bits per heavy atom. The van der Waals surface area contributed by atoms with E-state index >= 15 is 0 Å². The van der Waals surface area contributed by atoms with Crippen LogP contribution in [0.4, 0.5) is 5.82 Å². The molecule has 2 heterocycles. The van der Waals surface area contributed by atoms with Crippen LogP contribution in [0.1, 0.15) is 28.4 Å². The fourth-order valence-corrected chi connectivity index (χ4v) is 4.75. The second-order valence-corrected chi connectivity index (χ2v) is 8.91. The summed E-state index contributed by atoms with van der Waals surface area (Å²) in [6, 6.07) is 21.3. The van der Waals surface area contributed by atoms with Crippen LogP contribution in [-0.4, -0.2) is 36.9 Å². The quantitative estimate of drug-likeness (QED) is 0.330. The minimum atomic E-state index is -0.500. The van der Waals surface area contributed by atoms with Gasteiger partial charge in [0, 0.05) is 24.1 Å². The van der Waals surface area contributed by atoms with E-state index in [4.69, 9.17) is 10.8 Å². The van der Waals surface area contributed by atoms with Gasteiger partial charge in [-0.25, -0.2) is 14.6 Å². The Morgan fingerprint density at radius 3 is 2.64 bits per heavy atom. The zero-order valence-corrected chi connectivity index (χ0v) is 19.4. The zero-order chi connectivity index (χ0) is 24.6. The van der Waals surface area contributed by atoms with Crippen molar-refractivity contribution in [1.29, 1.82) is 0 Å². The number of anilines is 1. The lowest BCUT2D eigenvalue weighted by atomic mass is 10.0. The normalized spacial score (nSPS) is 17.1. The van der Waals surface area contributed by atoms with E-state index in [-0.39, 0.29) is 11.9 Å². The van der Waals surface area contributed by atoms with E-state index in [1.165, 1.54) is 6.33 Å². The lowest BCUT2D eigenvalue weighted by molar-refractivity contribution is 0.0952. The van der Waals surface area contributed by atoms with Gasteiger partial charge in [0.1, 0.15) is 17.8 Å². The van der Waals surface area contributed by atoms with Crippen molar-refractivity contribution in [2.75, 3.05) is 5.73 Å². The SMILES string of the molecule is Nc1ncnc2c1c(-c1ccc(CNC(=O)c3cccc4ccccc34)cc1)nn2C1C=CC(O)C1. The van der Waals surface area contributed by atoms with E-state index in [2.05, 4.69) is 15.3 Å². The smallest absolute Gasteiger partial charge is 0.252 e. The van der Waals surface area contributed by atoms with Crippen molar-refractivity contribution in [3.8, 4) is 11.3 Å². The van der Waals surface area contributed by atoms with Crippen molar-refractivity contribution in [2.45, 2.75) is 25.1 Å². The van der Waals surface area contributed by atoms with Gasteiger partial charge in [-0.05, 0) is 22.4 Å². The van der Waals surface area contributed by atoms with Gasteiger partial charge in [-0.1, -0.05) is 72.8 Å². The number of aromatic nitrogens is 4. The summed E-state index contributed by atoms with van der Waals surface area (Å²) in [6.07, 6.45) is 5.16. The van der Waals surface area contributed by atoms with Crippen molar-refractivity contribution in [1.82, 2.24) is 25.1 Å². The molecule has 8 heteroatoms. The number of aliphatic hydroxyl groups is 1. The number of nitrogens with one attached hydrogen (secondary N) is 1. The molecule has 2 aromatic heterocycles. The topological polar surface area (TPSA) is 119 Å². The van der Waals surface area contributed by atoms with Crippen LogP contribution in [0.15, 0.2) is 85.2 Å². The first-order chi connectivity index (χ1) is 17.6. The maximum atomic E-state index is 12.9. The van der Waals surface area contributed by atoms with Crippen molar-refractivity contribution in [3.05, 3.63) is 96.3 Å². The molecule has 5 aromatic rings. The highest BCUT2D eigenvalue weighted by Gasteiger charge is 2.25. The number of nitrogens with two attached hydrogens (primary N) is 1. The molecule has 6 rings (SSSR count). The predicted molar refractivity (Wildman–Crippen MR) is 139 cm³/mol. The molecule has 0 aliphatic heterocycles. The first kappa shape index (κ1) is 21.9. The average molecular weight is 477 g/mol. The fraction of sp³-hybridized carbons (Fsp3) is 0.143. The molecule has 0 radical (unpaired) electrons. The Labute approximate surface area is 207 Å². The van der Waals surface area contributed by atoms with Gasteiger partial charge >= 0.3 is 0 Å². The molecule has 2 atom stereocenters. The summed E-state index contributed by atoms with van der Waals surface area (Å²) in [5, 5.41) is 20.4. The number of allylic oxidation sites excluding steroid dienone is 1. The number of nitrogens with zero attached hydrogens (tertiary/aromatic N) is 4. The molecular weight excluding hydrogens is 452 g/mol. The number of hydrogen-bond donors (Lipinski definition) is 3. The third kappa shape index (κ3) is 3.87. The number of benzene rings is 3. The van der Waals surface area contributed by atoms with Crippen LogP contribution in [0.25, 0.3) is 33.1 Å². The van der Waals surface area contributed by atoms with Crippen molar-refractivity contribution < 1.29 is 9.90 Å². The molecule has 4 N–H and O–H groups in total. The van der Waals surface area contributed by atoms with E-state index in [0.717, 1.165) is 21.9 Å². The van der Waals surface area contributed by atoms with Gasteiger partial charge in [-0.2, -0.15) is 5.10 Å². The highest BCUT2D eigenvalue weighted by Crippen LogP contribution is 2.34. The van der Waals surface area contributed by atoms with Gasteiger partial charge in [-0.3, -0.25) is 4.79 Å². The molecule has 0 saturated carbocycles. The Bertz CT molecular complexity index is 1620. The number of hydrogen-bond acceptors (Lipinski definition) is 6. The summed E-state index contributed by atoms with van der Waals surface area (Å²) in [4.78, 5) is 21.5. The van der Waals surface area contributed by atoms with Crippen LogP contribution in [0.3, 0.4) is 0 Å². The number of carbonyl (C=O) groups excluding carboxylic acids is 1. The Hall–Kier alpha value is -4.56. The molecule has 1 aliphatic rings. The van der Waals surface area contributed by atoms with E-state index in [9.17, 15) is 9.90 Å². The number of nitrogen functional groups attached to an aromatic ring is 1. The molecule has 8 nitrogen and oxygen atoms in total. The Balaban J connectivity index is 1.25. The molecule has 36 heavy (non-hydrogen) atoms. The third-order valence-electron chi connectivity index (χ3n) is 6.59. The van der Waals surface area contributed by atoms with E-state index in [1.54, 1.807) is 10.8 Å². The average Bonchev–Trinajstić information content (AvgIpc) is 3.51. The minimum absolute atomic E-state index is 0.103. The number of rotatable bonds is 5. The highest BCUT2D eigenvalue weighted by atomic mass is 16.3. The Kier molecular flexibility index (Phi) is 5.42. The van der Waals surface area contributed by atoms with Gasteiger partial charge in [-0.15, -0.1) is 0 Å². The molecule has 178 valence electrons. The van der Waals surface area contributed by atoms with Gasteiger partial charge in [0.15, 0.2) is 5.65 Å². The van der Waals surface area contributed by atoms with Crippen LogP contribution in [0, 0.1) is 0 Å². The predicted octanol–water partition coefficient (Wildman–Crippen LogP) is 4.02. The van der Waals surface area contributed by atoms with E-state index in [1.807, 2.05) is 72.8 Å². The van der Waals surface area contributed by atoms with Crippen molar-refractivity contribution in [3.63, 3.8) is 0 Å². The molecule has 0 spiro atoms. The second-order valence-electron chi connectivity index (χ2n) is 8.91. The van der Waals surface area contributed by atoms with Crippen LogP contribution in [0.2, 0.25) is 0 Å². The number of amides is 1. The van der Waals surface area contributed by atoms with Crippen molar-refractivity contribution >= 4 is 33.5 Å². The van der Waals surface area contributed by atoms with Crippen molar-refractivity contribution in [2.24, 2.45) is 0 Å². The largest absolute Gasteiger partial charge is 0.389 e. The summed E-state index contributed by atoms with van der Waals surface area (Å²) in [5.74, 6) is 0.243. The van der Waals surface area contributed by atoms with Gasteiger partial charge < -0.3 is 16.2 Å². The highest BCUT2D eigenvalue weighted by molar-refractivity contribution is 6.07. The standard InChI is InChI=1S/C28H24N6O2/c29-26-24-25(33-34(27(24)32-16-31-26)20-12-13-21(35)14-20)19-10-8-17(9-11-19)15-30-28(36)23-7-3-5-18-4-1-2-6-22(18)23/h1-13,16,20-21,35H,14-15H2,(H,30,36)(H2,29,31,32). The monoisotopic (exact) mass is 476 g/mol. The molecular formula is C28H24N6O2. The first-order valence-electron chi connectivity index (χ1n) is 11.8. The molecule has 2 unspecified atom stereocenters. The van der Waals surface area contributed by atoms with Crippen LogP contribution in [0.5, 0.6) is 0 Å². The maximum Gasteiger partial charge on any atom is 0.252 e. The summed E-state index contributed by atoms with van der Waals surface area (Å²) in [5.41, 5.74) is 10.0. The lowest BCUT2D eigenvalue weighted by Gasteiger charge is -2.10. The third-order valence-corrected chi connectivity index (χ3v) is 6.59. The molecule has 0 bridgehead atoms. The van der Waals surface area contributed by atoms with Gasteiger partial charge in [0.05, 0.1) is 17.5 Å². The number of aliphatic hydroxyl groups excluding tert-OH is 1. The van der Waals surface area contributed by atoms with Gasteiger partial charge in [0.2, 0.25) is 0 Å². The van der Waals surface area contributed by atoms with Crippen LogP contribution < -0.4 is 11.1 Å². The first-order valence-corrected chi connectivity index (χ1v) is 11.8. The summed E-state index contributed by atoms with van der Waals surface area (Å²) in [6.45, 7) is 0.396. The van der Waals surface area contributed by atoms with E-state index in [0.29, 0.717) is 41.1 Å². The number of fused-ring (bicyclic) bond motifs is 2. The summed E-state index contributed by atoms with van der Waals surface area (Å²) in [7, 11) is 0. The molecule has 1 amide bonds. The molecule has 3 aromatic carbocycles. The van der Waals surface area contributed by atoms with Gasteiger partial charge in [0.25, 0.3) is 5.91 Å². The maximum absolute atomic E-state index is 12.9. The molecule has 0 fully saturated rings. The molecule has 0 saturated heterocycles. The number of carbonyl (C=O) groups is 1. The summed E-state index contributed by atoms with van der Waals surface area (Å²) < 4.78 is 1.80. The minimum Gasteiger partial charge on any atom is -0.389 e. The molecule has 1 aliphatic carbocycles. The lowest BCUT2D eigenvalue weighted by Crippen LogP contribution is -2.22. The zero-order valence-electron chi connectivity index (χ0n) is 19.4.